The molecule has 3 nitrogen and oxygen atoms in total. The van der Waals surface area contributed by atoms with Crippen molar-refractivity contribution in [3.63, 3.8) is 0 Å². The Morgan fingerprint density at radius 2 is 1.93 bits per heavy atom. The Morgan fingerprint density at radius 1 is 1.36 bits per heavy atom. The summed E-state index contributed by atoms with van der Waals surface area (Å²) in [6, 6.07) is 0.331. The van der Waals surface area contributed by atoms with Crippen LogP contribution in [0, 0.1) is 0 Å². The van der Waals surface area contributed by atoms with E-state index in [0.29, 0.717) is 18.2 Å². The topological polar surface area (TPSA) is 38.5 Å². The Kier molecular flexibility index (Phi) is 4.85. The normalized spacial score (nSPS) is 31.7. The van der Waals surface area contributed by atoms with E-state index in [9.17, 15) is 0 Å². The first-order valence-electron chi connectivity index (χ1n) is 5.75. The first-order chi connectivity index (χ1) is 6.61. The number of nitrogens with zero attached hydrogens (tertiary/aromatic N) is 1. The first kappa shape index (κ1) is 12.0. The highest BCUT2D eigenvalue weighted by Gasteiger charge is 2.22. The average Bonchev–Trinajstić information content (AvgIpc) is 2.01. The summed E-state index contributed by atoms with van der Waals surface area (Å²) in [4.78, 5) is 2.43. The van der Waals surface area contributed by atoms with Crippen LogP contribution in [-0.2, 0) is 4.74 Å². The zero-order valence-corrected chi connectivity index (χ0v) is 9.70. The monoisotopic (exact) mass is 200 g/mol. The van der Waals surface area contributed by atoms with Crippen LogP contribution in [0.2, 0.25) is 0 Å². The van der Waals surface area contributed by atoms with Gasteiger partial charge in [-0.15, -0.1) is 0 Å². The summed E-state index contributed by atoms with van der Waals surface area (Å²) in [5, 5.41) is 0. The highest BCUT2D eigenvalue weighted by Crippen LogP contribution is 2.11. The second-order valence-electron chi connectivity index (χ2n) is 4.52. The lowest BCUT2D eigenvalue weighted by molar-refractivity contribution is -0.0692. The molecule has 0 bridgehead atoms. The van der Waals surface area contributed by atoms with E-state index in [1.165, 1.54) is 6.42 Å². The van der Waals surface area contributed by atoms with E-state index in [-0.39, 0.29) is 0 Å². The lowest BCUT2D eigenvalue weighted by atomic mass is 10.1. The maximum Gasteiger partial charge on any atom is 0.0678 e. The van der Waals surface area contributed by atoms with Crippen molar-refractivity contribution >= 4 is 0 Å². The minimum absolute atomic E-state index is 0.331. The second-order valence-corrected chi connectivity index (χ2v) is 4.52. The lowest BCUT2D eigenvalue weighted by Gasteiger charge is -2.36. The van der Waals surface area contributed by atoms with Gasteiger partial charge >= 0.3 is 0 Å². The van der Waals surface area contributed by atoms with Gasteiger partial charge in [-0.2, -0.15) is 0 Å². The molecule has 14 heavy (non-hydrogen) atoms. The summed E-state index contributed by atoms with van der Waals surface area (Å²) in [6.07, 6.45) is 3.01. The van der Waals surface area contributed by atoms with Gasteiger partial charge in [0.2, 0.25) is 0 Å². The summed E-state index contributed by atoms with van der Waals surface area (Å²) in [6.45, 7) is 9.53. The fourth-order valence-electron chi connectivity index (χ4n) is 2.23. The third-order valence-electron chi connectivity index (χ3n) is 2.65. The number of morpholine rings is 1. The Hall–Kier alpha value is -0.120. The summed E-state index contributed by atoms with van der Waals surface area (Å²) in [5.41, 5.74) is 6.02. The van der Waals surface area contributed by atoms with Gasteiger partial charge in [0.05, 0.1) is 12.2 Å². The summed E-state index contributed by atoms with van der Waals surface area (Å²) >= 11 is 0. The lowest BCUT2D eigenvalue weighted by Crippen LogP contribution is -2.49. The number of nitrogens with two attached hydrogens (primary N) is 1. The molecule has 2 N–H and O–H groups in total. The molecule has 3 heteroatoms. The van der Waals surface area contributed by atoms with Crippen LogP contribution in [-0.4, -0.2) is 42.8 Å². The van der Waals surface area contributed by atoms with Crippen molar-refractivity contribution in [1.82, 2.24) is 4.90 Å². The molecule has 1 aliphatic rings. The van der Waals surface area contributed by atoms with Crippen molar-refractivity contribution in [1.29, 1.82) is 0 Å². The molecule has 0 radical (unpaired) electrons. The SMILES string of the molecule is CCCC(N)CN1CC(C)OC(C)C1. The number of hydrogen-bond donors (Lipinski definition) is 1. The van der Waals surface area contributed by atoms with E-state index >= 15 is 0 Å². The molecule has 0 saturated carbocycles. The third kappa shape index (κ3) is 3.95. The van der Waals surface area contributed by atoms with Crippen LogP contribution in [0.5, 0.6) is 0 Å². The molecule has 1 rings (SSSR count). The van der Waals surface area contributed by atoms with Gasteiger partial charge in [-0.1, -0.05) is 13.3 Å². The fourth-order valence-corrected chi connectivity index (χ4v) is 2.23. The maximum atomic E-state index is 6.02. The minimum Gasteiger partial charge on any atom is -0.373 e. The summed E-state index contributed by atoms with van der Waals surface area (Å²) in [5.74, 6) is 0. The molecule has 1 aliphatic heterocycles. The van der Waals surface area contributed by atoms with Gasteiger partial charge in [-0.25, -0.2) is 0 Å². The quantitative estimate of drug-likeness (QED) is 0.741. The van der Waals surface area contributed by atoms with Crippen LogP contribution in [0.4, 0.5) is 0 Å². The molecule has 0 aromatic carbocycles. The van der Waals surface area contributed by atoms with E-state index < -0.39 is 0 Å². The summed E-state index contributed by atoms with van der Waals surface area (Å²) in [7, 11) is 0. The van der Waals surface area contributed by atoms with E-state index in [1.54, 1.807) is 0 Å². The van der Waals surface area contributed by atoms with Crippen LogP contribution in [0.3, 0.4) is 0 Å². The molecule has 1 fully saturated rings. The number of rotatable bonds is 4. The zero-order chi connectivity index (χ0) is 10.6. The van der Waals surface area contributed by atoms with Crippen LogP contribution >= 0.6 is 0 Å². The second kappa shape index (κ2) is 5.69. The van der Waals surface area contributed by atoms with Crippen LogP contribution in [0.25, 0.3) is 0 Å². The molecule has 0 aliphatic carbocycles. The van der Waals surface area contributed by atoms with Crippen molar-refractivity contribution in [3.05, 3.63) is 0 Å². The molecule has 1 saturated heterocycles. The molecule has 3 unspecified atom stereocenters. The fraction of sp³-hybridized carbons (Fsp3) is 1.00. The Labute approximate surface area is 87.6 Å². The van der Waals surface area contributed by atoms with Gasteiger partial charge in [0.1, 0.15) is 0 Å². The average molecular weight is 200 g/mol. The molecule has 0 amide bonds. The van der Waals surface area contributed by atoms with E-state index in [4.69, 9.17) is 10.5 Å². The molecular weight excluding hydrogens is 176 g/mol. The van der Waals surface area contributed by atoms with Crippen molar-refractivity contribution < 1.29 is 4.74 Å². The van der Waals surface area contributed by atoms with E-state index in [1.807, 2.05) is 0 Å². The molecule has 84 valence electrons. The standard InChI is InChI=1S/C11H24N2O/c1-4-5-11(12)8-13-6-9(2)14-10(3)7-13/h9-11H,4-8,12H2,1-3H3. The third-order valence-corrected chi connectivity index (χ3v) is 2.65. The molecule has 1 heterocycles. The van der Waals surface area contributed by atoms with E-state index in [2.05, 4.69) is 25.7 Å². The predicted molar refractivity (Wildman–Crippen MR) is 59.3 cm³/mol. The van der Waals surface area contributed by atoms with Gasteiger partial charge in [0, 0.05) is 25.7 Å². The molecule has 0 spiro atoms. The summed E-state index contributed by atoms with van der Waals surface area (Å²) < 4.78 is 5.68. The van der Waals surface area contributed by atoms with Crippen LogP contribution in [0.1, 0.15) is 33.6 Å². The number of hydrogen-bond acceptors (Lipinski definition) is 3. The number of ether oxygens (including phenoxy) is 1. The molecule has 0 aromatic rings. The van der Waals surface area contributed by atoms with Gasteiger partial charge in [-0.05, 0) is 20.3 Å². The Balaban J connectivity index is 2.29. The van der Waals surface area contributed by atoms with Crippen molar-refractivity contribution in [2.24, 2.45) is 5.73 Å². The molecule has 0 aromatic heterocycles. The van der Waals surface area contributed by atoms with Crippen molar-refractivity contribution in [2.45, 2.75) is 51.9 Å². The largest absolute Gasteiger partial charge is 0.373 e. The van der Waals surface area contributed by atoms with E-state index in [0.717, 1.165) is 26.1 Å². The highest BCUT2D eigenvalue weighted by molar-refractivity contribution is 4.76. The van der Waals surface area contributed by atoms with Crippen molar-refractivity contribution in [3.8, 4) is 0 Å². The van der Waals surface area contributed by atoms with Crippen LogP contribution < -0.4 is 5.73 Å². The van der Waals surface area contributed by atoms with Gasteiger partial charge in [0.15, 0.2) is 0 Å². The minimum atomic E-state index is 0.331. The van der Waals surface area contributed by atoms with Gasteiger partial charge in [0.25, 0.3) is 0 Å². The highest BCUT2D eigenvalue weighted by atomic mass is 16.5. The molecule has 3 atom stereocenters. The Morgan fingerprint density at radius 3 is 2.43 bits per heavy atom. The Bertz CT molecular complexity index is 153. The van der Waals surface area contributed by atoms with Gasteiger partial charge in [-0.3, -0.25) is 4.90 Å². The first-order valence-corrected chi connectivity index (χ1v) is 5.75. The molecular formula is C11H24N2O. The van der Waals surface area contributed by atoms with Crippen molar-refractivity contribution in [2.75, 3.05) is 19.6 Å². The van der Waals surface area contributed by atoms with Crippen LogP contribution in [0.15, 0.2) is 0 Å². The zero-order valence-electron chi connectivity index (χ0n) is 9.70. The smallest absolute Gasteiger partial charge is 0.0678 e. The van der Waals surface area contributed by atoms with Gasteiger partial charge < -0.3 is 10.5 Å². The predicted octanol–water partition coefficient (Wildman–Crippen LogP) is 1.22. The maximum absolute atomic E-state index is 6.02.